The van der Waals surface area contributed by atoms with Crippen LogP contribution in [0.15, 0.2) is 41.1 Å². The summed E-state index contributed by atoms with van der Waals surface area (Å²) in [5, 5.41) is 4.04. The maximum Gasteiger partial charge on any atom is 0.0744 e. The van der Waals surface area contributed by atoms with Gasteiger partial charge in [-0.3, -0.25) is 4.98 Å². The van der Waals surface area contributed by atoms with Crippen molar-refractivity contribution in [2.24, 2.45) is 0 Å². The van der Waals surface area contributed by atoms with Gasteiger partial charge in [-0.15, -0.1) is 0 Å². The van der Waals surface area contributed by atoms with Gasteiger partial charge in [0.1, 0.15) is 0 Å². The minimum absolute atomic E-state index is 0.549. The summed E-state index contributed by atoms with van der Waals surface area (Å²) in [5.74, 6) is 0. The highest BCUT2D eigenvalue weighted by atomic mass is 79.9. The van der Waals surface area contributed by atoms with Crippen molar-refractivity contribution < 1.29 is 4.74 Å². The van der Waals surface area contributed by atoms with Crippen LogP contribution in [0.25, 0.3) is 0 Å². The van der Waals surface area contributed by atoms with Crippen LogP contribution in [-0.4, -0.2) is 12.1 Å². The van der Waals surface area contributed by atoms with Gasteiger partial charge in [0, 0.05) is 41.8 Å². The zero-order chi connectivity index (χ0) is 13.7. The van der Waals surface area contributed by atoms with E-state index >= 15 is 0 Å². The minimum atomic E-state index is 0.549. The number of halogens is 2. The molecule has 0 amide bonds. The molecule has 0 spiro atoms. The third-order valence-corrected chi connectivity index (χ3v) is 3.82. The number of aromatic nitrogens is 1. The Kier molecular flexibility index (Phi) is 5.19. The lowest BCUT2D eigenvalue weighted by Crippen LogP contribution is -2.04. The van der Waals surface area contributed by atoms with E-state index in [1.54, 1.807) is 19.5 Å². The number of methoxy groups -OCH3 is 1. The van der Waals surface area contributed by atoms with Gasteiger partial charge in [-0.05, 0) is 23.8 Å². The summed E-state index contributed by atoms with van der Waals surface area (Å²) in [4.78, 5) is 3.97. The molecule has 2 rings (SSSR count). The third kappa shape index (κ3) is 3.69. The molecule has 0 atom stereocenters. The topological polar surface area (TPSA) is 34.1 Å². The van der Waals surface area contributed by atoms with E-state index in [4.69, 9.17) is 16.3 Å². The fourth-order valence-corrected chi connectivity index (χ4v) is 2.42. The highest BCUT2D eigenvalue weighted by molar-refractivity contribution is 9.10. The van der Waals surface area contributed by atoms with Crippen LogP contribution in [0.4, 0.5) is 5.69 Å². The summed E-state index contributed by atoms with van der Waals surface area (Å²) in [6.07, 6.45) is 3.38. The number of rotatable bonds is 5. The first kappa shape index (κ1) is 14.3. The summed E-state index contributed by atoms with van der Waals surface area (Å²) < 4.78 is 6.25. The van der Waals surface area contributed by atoms with Gasteiger partial charge in [0.2, 0.25) is 0 Å². The SMILES string of the molecule is COCc1c(Br)cccc1NCc1ccncc1Cl. The minimum Gasteiger partial charge on any atom is -0.381 e. The molecule has 0 saturated carbocycles. The van der Waals surface area contributed by atoms with E-state index in [9.17, 15) is 0 Å². The molecular weight excluding hydrogens is 328 g/mol. The monoisotopic (exact) mass is 340 g/mol. The zero-order valence-electron chi connectivity index (χ0n) is 10.5. The van der Waals surface area contributed by atoms with Gasteiger partial charge in [0.25, 0.3) is 0 Å². The van der Waals surface area contributed by atoms with E-state index in [1.807, 2.05) is 24.3 Å². The zero-order valence-corrected chi connectivity index (χ0v) is 12.8. The summed E-state index contributed by atoms with van der Waals surface area (Å²) in [5.41, 5.74) is 3.14. The van der Waals surface area contributed by atoms with E-state index in [-0.39, 0.29) is 0 Å². The molecule has 0 bridgehead atoms. The molecule has 1 N–H and O–H groups in total. The first-order valence-electron chi connectivity index (χ1n) is 5.81. The van der Waals surface area contributed by atoms with Gasteiger partial charge >= 0.3 is 0 Å². The number of nitrogens with zero attached hydrogens (tertiary/aromatic N) is 1. The number of anilines is 1. The first-order chi connectivity index (χ1) is 9.22. The lowest BCUT2D eigenvalue weighted by molar-refractivity contribution is 0.185. The average molecular weight is 342 g/mol. The van der Waals surface area contributed by atoms with Crippen molar-refractivity contribution in [3.8, 4) is 0 Å². The predicted octanol–water partition coefficient (Wildman–Crippen LogP) is 4.26. The van der Waals surface area contributed by atoms with E-state index in [1.165, 1.54) is 0 Å². The Bertz CT molecular complexity index is 563. The summed E-state index contributed by atoms with van der Waals surface area (Å²) in [6, 6.07) is 7.91. The lowest BCUT2D eigenvalue weighted by atomic mass is 10.1. The molecule has 0 aliphatic rings. The van der Waals surface area contributed by atoms with Crippen molar-refractivity contribution in [3.63, 3.8) is 0 Å². The molecule has 0 aliphatic carbocycles. The lowest BCUT2D eigenvalue weighted by Gasteiger charge is -2.13. The molecule has 0 unspecified atom stereocenters. The number of ether oxygens (including phenoxy) is 1. The van der Waals surface area contributed by atoms with Crippen molar-refractivity contribution in [1.82, 2.24) is 4.98 Å². The molecule has 5 heteroatoms. The molecule has 2 aromatic rings. The highest BCUT2D eigenvalue weighted by Crippen LogP contribution is 2.26. The standard InChI is InChI=1S/C14H14BrClN2O/c1-19-9-11-12(15)3-2-4-14(11)18-7-10-5-6-17-8-13(10)16/h2-6,8,18H,7,9H2,1H3. The summed E-state index contributed by atoms with van der Waals surface area (Å²) in [7, 11) is 1.68. The van der Waals surface area contributed by atoms with E-state index in [0.29, 0.717) is 18.2 Å². The second kappa shape index (κ2) is 6.89. The summed E-state index contributed by atoms with van der Waals surface area (Å²) in [6.45, 7) is 1.20. The molecule has 1 aromatic carbocycles. The van der Waals surface area contributed by atoms with Gasteiger partial charge < -0.3 is 10.1 Å². The summed E-state index contributed by atoms with van der Waals surface area (Å²) >= 11 is 9.62. The molecule has 1 aromatic heterocycles. The fourth-order valence-electron chi connectivity index (χ4n) is 1.75. The fraction of sp³-hybridized carbons (Fsp3) is 0.214. The maximum absolute atomic E-state index is 6.09. The average Bonchev–Trinajstić information content (AvgIpc) is 2.41. The predicted molar refractivity (Wildman–Crippen MR) is 81.4 cm³/mol. The van der Waals surface area contributed by atoms with Crippen molar-refractivity contribution in [3.05, 3.63) is 57.3 Å². The number of hydrogen-bond acceptors (Lipinski definition) is 3. The van der Waals surface area contributed by atoms with Crippen molar-refractivity contribution in [1.29, 1.82) is 0 Å². The maximum atomic E-state index is 6.09. The molecule has 0 fully saturated rings. The molecule has 0 radical (unpaired) electrons. The van der Waals surface area contributed by atoms with Crippen LogP contribution in [0.2, 0.25) is 5.02 Å². The van der Waals surface area contributed by atoms with E-state index < -0.39 is 0 Å². The number of nitrogens with one attached hydrogen (secondary N) is 1. The third-order valence-electron chi connectivity index (χ3n) is 2.73. The second-order valence-electron chi connectivity index (χ2n) is 4.02. The second-order valence-corrected chi connectivity index (χ2v) is 5.28. The molecular formula is C14H14BrClN2O. The number of benzene rings is 1. The molecule has 19 heavy (non-hydrogen) atoms. The Morgan fingerprint density at radius 1 is 1.37 bits per heavy atom. The smallest absolute Gasteiger partial charge is 0.0744 e. The quantitative estimate of drug-likeness (QED) is 0.882. The Morgan fingerprint density at radius 3 is 2.95 bits per heavy atom. The Balaban J connectivity index is 2.16. The molecule has 1 heterocycles. The number of hydrogen-bond donors (Lipinski definition) is 1. The van der Waals surface area contributed by atoms with Crippen LogP contribution >= 0.6 is 27.5 Å². The molecule has 3 nitrogen and oxygen atoms in total. The van der Waals surface area contributed by atoms with Gasteiger partial charge in [-0.1, -0.05) is 33.6 Å². The van der Waals surface area contributed by atoms with Crippen molar-refractivity contribution in [2.75, 3.05) is 12.4 Å². The molecule has 0 aliphatic heterocycles. The van der Waals surface area contributed by atoms with Gasteiger partial charge in [0.15, 0.2) is 0 Å². The molecule has 100 valence electrons. The Hall–Kier alpha value is -1.10. The first-order valence-corrected chi connectivity index (χ1v) is 6.98. The van der Waals surface area contributed by atoms with Crippen molar-refractivity contribution in [2.45, 2.75) is 13.2 Å². The largest absolute Gasteiger partial charge is 0.381 e. The Labute approximate surface area is 126 Å². The van der Waals surface area contributed by atoms with Gasteiger partial charge in [0.05, 0.1) is 11.6 Å². The van der Waals surface area contributed by atoms with Crippen LogP contribution < -0.4 is 5.32 Å². The van der Waals surface area contributed by atoms with E-state index in [2.05, 4.69) is 26.2 Å². The van der Waals surface area contributed by atoms with Crippen LogP contribution in [0.3, 0.4) is 0 Å². The van der Waals surface area contributed by atoms with E-state index in [0.717, 1.165) is 21.3 Å². The van der Waals surface area contributed by atoms with Crippen LogP contribution in [0, 0.1) is 0 Å². The normalized spacial score (nSPS) is 10.5. The van der Waals surface area contributed by atoms with Gasteiger partial charge in [-0.25, -0.2) is 0 Å². The van der Waals surface area contributed by atoms with Crippen LogP contribution in [-0.2, 0) is 17.9 Å². The van der Waals surface area contributed by atoms with Crippen molar-refractivity contribution >= 4 is 33.2 Å². The van der Waals surface area contributed by atoms with Crippen LogP contribution in [0.5, 0.6) is 0 Å². The Morgan fingerprint density at radius 2 is 2.21 bits per heavy atom. The highest BCUT2D eigenvalue weighted by Gasteiger charge is 2.07. The van der Waals surface area contributed by atoms with Crippen LogP contribution in [0.1, 0.15) is 11.1 Å². The van der Waals surface area contributed by atoms with Gasteiger partial charge in [-0.2, -0.15) is 0 Å². The molecule has 0 saturated heterocycles. The number of pyridine rings is 1.